The maximum absolute atomic E-state index is 12.4. The van der Waals surface area contributed by atoms with Crippen molar-refractivity contribution < 1.29 is 14.3 Å². The normalized spacial score (nSPS) is 10.6. The molecular formula is C24H21N3O4. The van der Waals surface area contributed by atoms with Crippen LogP contribution in [-0.2, 0) is 6.61 Å². The summed E-state index contributed by atoms with van der Waals surface area (Å²) in [5, 5.41) is 2.85. The van der Waals surface area contributed by atoms with Crippen LogP contribution in [0.15, 0.2) is 83.8 Å². The van der Waals surface area contributed by atoms with Crippen molar-refractivity contribution >= 4 is 17.2 Å². The molecule has 0 saturated carbocycles. The van der Waals surface area contributed by atoms with Gasteiger partial charge in [0.2, 0.25) is 0 Å². The quantitative estimate of drug-likeness (QED) is 0.495. The van der Waals surface area contributed by atoms with Crippen LogP contribution >= 0.6 is 0 Å². The second kappa shape index (κ2) is 9.13. The Balaban J connectivity index is 1.37. The fourth-order valence-electron chi connectivity index (χ4n) is 3.04. The minimum absolute atomic E-state index is 0.156. The van der Waals surface area contributed by atoms with Gasteiger partial charge in [0.05, 0.1) is 12.3 Å². The highest BCUT2D eigenvalue weighted by Gasteiger charge is 2.07. The maximum atomic E-state index is 12.4. The van der Waals surface area contributed by atoms with Crippen LogP contribution in [-0.4, -0.2) is 21.9 Å². The van der Waals surface area contributed by atoms with Gasteiger partial charge in [0, 0.05) is 23.5 Å². The van der Waals surface area contributed by atoms with E-state index < -0.39 is 0 Å². The van der Waals surface area contributed by atoms with Gasteiger partial charge >= 0.3 is 0 Å². The van der Waals surface area contributed by atoms with Gasteiger partial charge in [-0.25, -0.2) is 4.98 Å². The van der Waals surface area contributed by atoms with E-state index in [2.05, 4.69) is 10.3 Å². The molecule has 4 rings (SSSR count). The summed E-state index contributed by atoms with van der Waals surface area (Å²) in [6.45, 7) is 2.65. The van der Waals surface area contributed by atoms with Gasteiger partial charge in [0.25, 0.3) is 11.5 Å². The molecule has 2 aromatic carbocycles. The lowest BCUT2D eigenvalue weighted by Gasteiger charge is -2.09. The van der Waals surface area contributed by atoms with Crippen LogP contribution in [0.5, 0.6) is 11.5 Å². The average molecular weight is 415 g/mol. The number of carbonyl (C=O) groups excluding carboxylic acids is 1. The number of aromatic nitrogens is 2. The van der Waals surface area contributed by atoms with Gasteiger partial charge in [-0.2, -0.15) is 0 Å². The van der Waals surface area contributed by atoms with Crippen molar-refractivity contribution in [2.24, 2.45) is 0 Å². The molecule has 7 nitrogen and oxygen atoms in total. The van der Waals surface area contributed by atoms with Crippen LogP contribution in [0.4, 0.5) is 5.69 Å². The lowest BCUT2D eigenvalue weighted by molar-refractivity contribution is 0.102. The molecule has 0 spiro atoms. The van der Waals surface area contributed by atoms with E-state index >= 15 is 0 Å². The van der Waals surface area contributed by atoms with Crippen LogP contribution in [0.25, 0.3) is 5.65 Å². The Morgan fingerprint density at radius 2 is 1.68 bits per heavy atom. The maximum Gasteiger partial charge on any atom is 0.258 e. The third kappa shape index (κ3) is 4.90. The van der Waals surface area contributed by atoms with E-state index in [4.69, 9.17) is 9.47 Å². The fourth-order valence-corrected chi connectivity index (χ4v) is 3.04. The van der Waals surface area contributed by atoms with Crippen LogP contribution in [0.3, 0.4) is 0 Å². The highest BCUT2D eigenvalue weighted by Crippen LogP contribution is 2.18. The molecule has 0 unspecified atom stereocenters. The van der Waals surface area contributed by atoms with E-state index in [0.29, 0.717) is 34.9 Å². The number of nitrogens with zero attached hydrogens (tertiary/aromatic N) is 2. The number of fused-ring (bicyclic) bond motifs is 1. The van der Waals surface area contributed by atoms with E-state index in [1.54, 1.807) is 66.9 Å². The molecule has 2 heterocycles. The first-order valence-electron chi connectivity index (χ1n) is 9.87. The smallest absolute Gasteiger partial charge is 0.258 e. The molecule has 2 aromatic heterocycles. The zero-order valence-corrected chi connectivity index (χ0v) is 16.9. The predicted molar refractivity (Wildman–Crippen MR) is 118 cm³/mol. The number of amides is 1. The highest BCUT2D eigenvalue weighted by atomic mass is 16.5. The van der Waals surface area contributed by atoms with Crippen LogP contribution < -0.4 is 20.3 Å². The van der Waals surface area contributed by atoms with Gasteiger partial charge in [-0.1, -0.05) is 6.07 Å². The Labute approximate surface area is 178 Å². The van der Waals surface area contributed by atoms with E-state index in [1.807, 2.05) is 13.0 Å². The van der Waals surface area contributed by atoms with Crippen LogP contribution in [0.2, 0.25) is 0 Å². The zero-order chi connectivity index (χ0) is 21.6. The third-order valence-corrected chi connectivity index (χ3v) is 4.55. The number of pyridine rings is 1. The van der Waals surface area contributed by atoms with E-state index in [9.17, 15) is 9.59 Å². The first-order chi connectivity index (χ1) is 15.1. The summed E-state index contributed by atoms with van der Waals surface area (Å²) in [6.07, 6.45) is 1.68. The van der Waals surface area contributed by atoms with Gasteiger partial charge in [-0.3, -0.25) is 14.0 Å². The lowest BCUT2D eigenvalue weighted by Crippen LogP contribution is -2.16. The van der Waals surface area contributed by atoms with Gasteiger partial charge in [0.1, 0.15) is 23.8 Å². The largest absolute Gasteiger partial charge is 0.494 e. The number of rotatable bonds is 7. The number of hydrogen-bond donors (Lipinski definition) is 1. The van der Waals surface area contributed by atoms with Crippen LogP contribution in [0.1, 0.15) is 23.0 Å². The molecule has 0 aliphatic heterocycles. The van der Waals surface area contributed by atoms with Crippen molar-refractivity contribution in [1.82, 2.24) is 9.38 Å². The van der Waals surface area contributed by atoms with Crippen LogP contribution in [0, 0.1) is 0 Å². The summed E-state index contributed by atoms with van der Waals surface area (Å²) in [6, 6.07) is 20.8. The molecule has 0 saturated heterocycles. The molecule has 31 heavy (non-hydrogen) atoms. The number of ether oxygens (including phenoxy) is 2. The standard InChI is InChI=1S/C24H21N3O4/c1-2-30-20-10-6-17(7-11-20)24(29)26-18-8-12-21(13-9-18)31-16-19-15-23(28)27-14-4-3-5-22(27)25-19/h3-15H,2,16H2,1H3,(H,26,29). The molecule has 0 bridgehead atoms. The van der Waals surface area contributed by atoms with Crippen molar-refractivity contribution in [2.45, 2.75) is 13.5 Å². The molecule has 0 aliphatic carbocycles. The molecule has 7 heteroatoms. The molecule has 0 atom stereocenters. The Morgan fingerprint density at radius 3 is 2.42 bits per heavy atom. The zero-order valence-electron chi connectivity index (χ0n) is 16.9. The van der Waals surface area contributed by atoms with Gasteiger partial charge in [-0.05, 0) is 67.6 Å². The minimum Gasteiger partial charge on any atom is -0.494 e. The summed E-state index contributed by atoms with van der Waals surface area (Å²) in [7, 11) is 0. The Bertz CT molecular complexity index is 1250. The van der Waals surface area contributed by atoms with Gasteiger partial charge < -0.3 is 14.8 Å². The molecule has 1 N–H and O–H groups in total. The van der Waals surface area contributed by atoms with Crippen molar-refractivity contribution in [3.63, 3.8) is 0 Å². The van der Waals surface area contributed by atoms with Gasteiger partial charge in [0.15, 0.2) is 0 Å². The lowest BCUT2D eigenvalue weighted by atomic mass is 10.2. The molecule has 4 aromatic rings. The molecule has 156 valence electrons. The molecular weight excluding hydrogens is 394 g/mol. The topological polar surface area (TPSA) is 81.9 Å². The van der Waals surface area contributed by atoms with Crippen molar-refractivity contribution in [3.05, 3.63) is 101 Å². The number of hydrogen-bond acceptors (Lipinski definition) is 5. The van der Waals surface area contributed by atoms with Crippen molar-refractivity contribution in [1.29, 1.82) is 0 Å². The SMILES string of the molecule is CCOc1ccc(C(=O)Nc2ccc(OCc3cc(=O)n4ccccc4n3)cc2)cc1. The van der Waals surface area contributed by atoms with Crippen molar-refractivity contribution in [2.75, 3.05) is 11.9 Å². The Hall–Kier alpha value is -4.13. The van der Waals surface area contributed by atoms with E-state index in [-0.39, 0.29) is 18.1 Å². The minimum atomic E-state index is -0.211. The molecule has 0 fully saturated rings. The summed E-state index contributed by atoms with van der Waals surface area (Å²) in [5.74, 6) is 1.12. The predicted octanol–water partition coefficient (Wildman–Crippen LogP) is 3.92. The molecule has 0 aliphatic rings. The number of nitrogens with one attached hydrogen (secondary N) is 1. The van der Waals surface area contributed by atoms with Gasteiger partial charge in [-0.15, -0.1) is 0 Å². The summed E-state index contributed by atoms with van der Waals surface area (Å²) >= 11 is 0. The average Bonchev–Trinajstić information content (AvgIpc) is 2.79. The molecule has 1 amide bonds. The Kier molecular flexibility index (Phi) is 5.93. The number of anilines is 1. The third-order valence-electron chi connectivity index (χ3n) is 4.55. The van der Waals surface area contributed by atoms with E-state index in [1.165, 1.54) is 10.5 Å². The summed E-state index contributed by atoms with van der Waals surface area (Å²) < 4.78 is 12.6. The Morgan fingerprint density at radius 1 is 0.968 bits per heavy atom. The fraction of sp³-hybridized carbons (Fsp3) is 0.125. The second-order valence-corrected chi connectivity index (χ2v) is 6.74. The first kappa shape index (κ1) is 20.2. The summed E-state index contributed by atoms with van der Waals surface area (Å²) in [5.41, 5.74) is 2.15. The van der Waals surface area contributed by atoms with Crippen molar-refractivity contribution in [3.8, 4) is 11.5 Å². The highest BCUT2D eigenvalue weighted by molar-refractivity contribution is 6.04. The summed E-state index contributed by atoms with van der Waals surface area (Å²) in [4.78, 5) is 29.0. The number of benzene rings is 2. The number of carbonyl (C=O) groups is 1. The monoisotopic (exact) mass is 415 g/mol. The second-order valence-electron chi connectivity index (χ2n) is 6.74. The first-order valence-corrected chi connectivity index (χ1v) is 9.87. The van der Waals surface area contributed by atoms with E-state index in [0.717, 1.165) is 5.75 Å². The molecule has 0 radical (unpaired) electrons.